The van der Waals surface area contributed by atoms with Gasteiger partial charge in [-0.3, -0.25) is 15.0 Å². The van der Waals surface area contributed by atoms with Crippen LogP contribution in [0, 0.1) is 18.8 Å². The molecule has 7 nitrogen and oxygen atoms in total. The average molecular weight is 468 g/mol. The molecule has 1 spiro atoms. The molecule has 0 aromatic heterocycles. The number of hydrogen-bond donors (Lipinski definition) is 3. The fourth-order valence-electron chi connectivity index (χ4n) is 7.43. The summed E-state index contributed by atoms with van der Waals surface area (Å²) in [6.45, 7) is 6.61. The normalized spacial score (nSPS) is 38.3. The van der Waals surface area contributed by atoms with E-state index in [1.807, 2.05) is 13.0 Å². The molecule has 2 saturated heterocycles. The number of aromatic hydroxyl groups is 1. The van der Waals surface area contributed by atoms with Crippen molar-refractivity contribution in [3.05, 3.63) is 29.3 Å². The van der Waals surface area contributed by atoms with Crippen LogP contribution in [0.1, 0.15) is 69.4 Å². The van der Waals surface area contributed by atoms with Gasteiger partial charge in [-0.25, -0.2) is 4.79 Å². The summed E-state index contributed by atoms with van der Waals surface area (Å²) in [5, 5.41) is 25.7. The van der Waals surface area contributed by atoms with Gasteiger partial charge in [0.25, 0.3) is 5.91 Å². The first-order valence-corrected chi connectivity index (χ1v) is 13.1. The SMILES string of the molecule is Cc1ccc(O)cc1C12CCN(CC3CC3)C(C)C1(O)CCC1(C2)C(=O)NC(=O)N1CC1CC1. The standard InChI is InChI=1S/C27H37N3O4/c1-17-3-8-21(31)13-22(17)25-11-12-29(14-19-4-5-19)18(2)27(25,34)10-9-26(16-25)23(32)28-24(33)30(26)15-20-6-7-20/h3,8,13,18-20,31,34H,4-7,9-12,14-16H2,1-2H3,(H,28,32,33). The number of piperidine rings is 1. The number of urea groups is 1. The van der Waals surface area contributed by atoms with Crippen LogP contribution in [0.4, 0.5) is 4.79 Å². The zero-order valence-corrected chi connectivity index (χ0v) is 20.3. The highest BCUT2D eigenvalue weighted by Gasteiger charge is 2.69. The summed E-state index contributed by atoms with van der Waals surface area (Å²) in [5.74, 6) is 1.15. The maximum absolute atomic E-state index is 13.5. The Morgan fingerprint density at radius 2 is 1.76 bits per heavy atom. The van der Waals surface area contributed by atoms with Crippen molar-refractivity contribution < 1.29 is 19.8 Å². The van der Waals surface area contributed by atoms with E-state index in [0.717, 1.165) is 43.0 Å². The lowest BCUT2D eigenvalue weighted by Crippen LogP contribution is -2.74. The lowest BCUT2D eigenvalue weighted by atomic mass is 9.49. The molecule has 3 saturated carbocycles. The van der Waals surface area contributed by atoms with E-state index in [9.17, 15) is 19.8 Å². The Kier molecular flexibility index (Phi) is 4.89. The molecule has 7 heteroatoms. The molecular formula is C27H37N3O4. The van der Waals surface area contributed by atoms with Gasteiger partial charge >= 0.3 is 6.03 Å². The molecule has 3 N–H and O–H groups in total. The third kappa shape index (κ3) is 3.15. The highest BCUT2D eigenvalue weighted by Crippen LogP contribution is 2.59. The summed E-state index contributed by atoms with van der Waals surface area (Å²) in [4.78, 5) is 30.7. The van der Waals surface area contributed by atoms with Crippen LogP contribution < -0.4 is 5.32 Å². The van der Waals surface area contributed by atoms with Gasteiger partial charge in [-0.05, 0) is 107 Å². The average Bonchev–Trinajstić information content (AvgIpc) is 3.72. The first kappa shape index (κ1) is 22.4. The van der Waals surface area contributed by atoms with E-state index in [1.165, 1.54) is 12.8 Å². The summed E-state index contributed by atoms with van der Waals surface area (Å²) >= 11 is 0. The Balaban J connectivity index is 1.46. The van der Waals surface area contributed by atoms with Crippen molar-refractivity contribution in [2.75, 3.05) is 19.6 Å². The predicted molar refractivity (Wildman–Crippen MR) is 127 cm³/mol. The third-order valence-corrected chi connectivity index (χ3v) is 9.88. The van der Waals surface area contributed by atoms with Gasteiger partial charge in [0.2, 0.25) is 0 Å². The monoisotopic (exact) mass is 467 g/mol. The van der Waals surface area contributed by atoms with Crippen molar-refractivity contribution in [3.8, 4) is 5.75 Å². The molecule has 0 radical (unpaired) electrons. The van der Waals surface area contributed by atoms with Gasteiger partial charge in [0, 0.05) is 24.5 Å². The molecule has 5 aliphatic rings. The van der Waals surface area contributed by atoms with Crippen molar-refractivity contribution in [2.24, 2.45) is 11.8 Å². The highest BCUT2D eigenvalue weighted by atomic mass is 16.3. The van der Waals surface area contributed by atoms with Crippen LogP contribution in [0.15, 0.2) is 18.2 Å². The van der Waals surface area contributed by atoms with Gasteiger partial charge in [-0.2, -0.15) is 0 Å². The van der Waals surface area contributed by atoms with E-state index in [4.69, 9.17) is 0 Å². The maximum atomic E-state index is 13.5. The largest absolute Gasteiger partial charge is 0.508 e. The molecule has 0 bridgehead atoms. The van der Waals surface area contributed by atoms with E-state index in [2.05, 4.69) is 17.1 Å². The number of nitrogens with zero attached hydrogens (tertiary/aromatic N) is 2. The van der Waals surface area contributed by atoms with Gasteiger partial charge in [-0.1, -0.05) is 6.07 Å². The number of carbonyl (C=O) groups excluding carboxylic acids is 2. The first-order valence-electron chi connectivity index (χ1n) is 13.1. The minimum atomic E-state index is -1.05. The van der Waals surface area contributed by atoms with E-state index >= 15 is 0 Å². The van der Waals surface area contributed by atoms with Crippen LogP contribution in [0.5, 0.6) is 5.75 Å². The number of benzene rings is 1. The van der Waals surface area contributed by atoms with Crippen LogP contribution >= 0.6 is 0 Å². The molecule has 1 aromatic rings. The second-order valence-electron chi connectivity index (χ2n) is 11.9. The maximum Gasteiger partial charge on any atom is 0.325 e. The van der Waals surface area contributed by atoms with Crippen LogP contribution in [0.3, 0.4) is 0 Å². The van der Waals surface area contributed by atoms with Gasteiger partial charge in [-0.15, -0.1) is 0 Å². The molecule has 4 atom stereocenters. The lowest BCUT2D eigenvalue weighted by molar-refractivity contribution is -0.179. The number of likely N-dealkylation sites (tertiary alicyclic amines) is 1. The summed E-state index contributed by atoms with van der Waals surface area (Å²) in [6, 6.07) is 5.03. The lowest BCUT2D eigenvalue weighted by Gasteiger charge is -2.63. The van der Waals surface area contributed by atoms with Gasteiger partial charge < -0.3 is 15.1 Å². The predicted octanol–water partition coefficient (Wildman–Crippen LogP) is 3.06. The number of nitrogens with one attached hydrogen (secondary N) is 1. The number of fused-ring (bicyclic) bond motifs is 1. The number of aryl methyl sites for hydroxylation is 1. The molecule has 184 valence electrons. The fourth-order valence-corrected chi connectivity index (χ4v) is 7.43. The molecular weight excluding hydrogens is 430 g/mol. The van der Waals surface area contributed by atoms with Crippen molar-refractivity contribution in [1.29, 1.82) is 0 Å². The minimum Gasteiger partial charge on any atom is -0.508 e. The van der Waals surface area contributed by atoms with Crippen molar-refractivity contribution in [2.45, 2.75) is 87.8 Å². The van der Waals surface area contributed by atoms with E-state index in [0.29, 0.717) is 38.1 Å². The van der Waals surface area contributed by atoms with Crippen molar-refractivity contribution >= 4 is 11.9 Å². The molecule has 34 heavy (non-hydrogen) atoms. The summed E-state index contributed by atoms with van der Waals surface area (Å²) in [5.41, 5.74) is -0.791. The minimum absolute atomic E-state index is 0.0713. The number of amides is 3. The van der Waals surface area contributed by atoms with Crippen molar-refractivity contribution in [3.63, 3.8) is 0 Å². The number of rotatable bonds is 5. The first-order chi connectivity index (χ1) is 16.2. The Hall–Kier alpha value is -2.12. The fraction of sp³-hybridized carbons (Fsp3) is 0.704. The Labute approximate surface area is 201 Å². The van der Waals surface area contributed by atoms with Gasteiger partial charge in [0.1, 0.15) is 11.3 Å². The number of imide groups is 1. The number of phenolic OH excluding ortho intramolecular Hbond substituents is 1. The molecule has 2 aliphatic heterocycles. The quantitative estimate of drug-likeness (QED) is 0.579. The summed E-state index contributed by atoms with van der Waals surface area (Å²) in [6.07, 6.45) is 6.74. The Morgan fingerprint density at radius 1 is 1.06 bits per heavy atom. The smallest absolute Gasteiger partial charge is 0.325 e. The van der Waals surface area contributed by atoms with Crippen LogP contribution in [-0.4, -0.2) is 68.8 Å². The number of carbonyl (C=O) groups is 2. The topological polar surface area (TPSA) is 93.1 Å². The van der Waals surface area contributed by atoms with Crippen molar-refractivity contribution in [1.82, 2.24) is 15.1 Å². The van der Waals surface area contributed by atoms with E-state index in [1.54, 1.807) is 17.0 Å². The highest BCUT2D eigenvalue weighted by molar-refractivity contribution is 6.07. The molecule has 6 rings (SSSR count). The molecule has 1 aromatic carbocycles. The Bertz CT molecular complexity index is 1040. The van der Waals surface area contributed by atoms with E-state index in [-0.39, 0.29) is 23.7 Å². The second kappa shape index (κ2) is 7.44. The number of hydrogen-bond acceptors (Lipinski definition) is 5. The van der Waals surface area contributed by atoms with Gasteiger partial charge in [0.05, 0.1) is 5.60 Å². The van der Waals surface area contributed by atoms with Crippen LogP contribution in [0.25, 0.3) is 0 Å². The molecule has 5 fully saturated rings. The van der Waals surface area contributed by atoms with E-state index < -0.39 is 16.6 Å². The Morgan fingerprint density at radius 3 is 2.47 bits per heavy atom. The van der Waals surface area contributed by atoms with Crippen LogP contribution in [-0.2, 0) is 10.2 Å². The van der Waals surface area contributed by atoms with Gasteiger partial charge in [0.15, 0.2) is 0 Å². The molecule has 3 amide bonds. The molecule has 3 aliphatic carbocycles. The molecule has 4 unspecified atom stereocenters. The molecule has 2 heterocycles. The zero-order chi connectivity index (χ0) is 23.9. The summed E-state index contributed by atoms with van der Waals surface area (Å²) in [7, 11) is 0. The number of aliphatic hydroxyl groups is 1. The zero-order valence-electron chi connectivity index (χ0n) is 20.3. The summed E-state index contributed by atoms with van der Waals surface area (Å²) < 4.78 is 0. The third-order valence-electron chi connectivity index (χ3n) is 9.88. The number of phenols is 1. The second-order valence-corrected chi connectivity index (χ2v) is 11.9. The van der Waals surface area contributed by atoms with Crippen LogP contribution in [0.2, 0.25) is 0 Å².